The van der Waals surface area contributed by atoms with Crippen LogP contribution in [-0.4, -0.2) is 72.1 Å². The molecule has 2 aromatic carbocycles. The lowest BCUT2D eigenvalue weighted by Gasteiger charge is -2.42. The summed E-state index contributed by atoms with van der Waals surface area (Å²) in [5.41, 5.74) is 2.68. The summed E-state index contributed by atoms with van der Waals surface area (Å²) in [6.45, 7) is 4.56. The SMILES string of the molecule is CCN1C(=O)N(C2Cc3ccccc3C2)C(=O)C12CCN(Cc1ccc(OC)c(OC)c1Cl)CC2. The highest BCUT2D eigenvalue weighted by molar-refractivity contribution is 6.33. The second kappa shape index (κ2) is 9.36. The van der Waals surface area contributed by atoms with E-state index in [1.54, 1.807) is 19.1 Å². The van der Waals surface area contributed by atoms with Crippen LogP contribution < -0.4 is 9.47 Å². The fourth-order valence-electron chi connectivity index (χ4n) is 6.08. The summed E-state index contributed by atoms with van der Waals surface area (Å²) in [4.78, 5) is 33.0. The summed E-state index contributed by atoms with van der Waals surface area (Å²) < 4.78 is 10.8. The fourth-order valence-corrected chi connectivity index (χ4v) is 6.37. The zero-order valence-electron chi connectivity index (χ0n) is 20.6. The normalized spacial score (nSPS) is 20.1. The summed E-state index contributed by atoms with van der Waals surface area (Å²) in [6, 6.07) is 11.8. The van der Waals surface area contributed by atoms with E-state index in [4.69, 9.17) is 21.1 Å². The lowest BCUT2D eigenvalue weighted by molar-refractivity contribution is -0.137. The Morgan fingerprint density at radius 1 is 1.00 bits per heavy atom. The molecule has 7 nitrogen and oxygen atoms in total. The lowest BCUT2D eigenvalue weighted by Crippen LogP contribution is -2.56. The molecular weight excluding hydrogens is 466 g/mol. The standard InChI is InChI=1S/C27H32ClN3O4/c1-4-30-26(33)31(21-15-18-7-5-6-8-19(18)16-21)25(32)27(30)11-13-29(14-12-27)17-20-9-10-22(34-2)24(35-3)23(20)28/h5-10,21H,4,11-17H2,1-3H3. The van der Waals surface area contributed by atoms with E-state index in [-0.39, 0.29) is 18.0 Å². The molecule has 0 unspecified atom stereocenters. The van der Waals surface area contributed by atoms with Crippen molar-refractivity contribution in [3.8, 4) is 11.5 Å². The number of nitrogens with zero attached hydrogens (tertiary/aromatic N) is 3. The number of carbonyl (C=O) groups is 2. The highest BCUT2D eigenvalue weighted by Gasteiger charge is 2.59. The third-order valence-electron chi connectivity index (χ3n) is 7.92. The Balaban J connectivity index is 1.31. The highest BCUT2D eigenvalue weighted by atomic mass is 35.5. The Bertz CT molecular complexity index is 1120. The van der Waals surface area contributed by atoms with Crippen LogP contribution >= 0.6 is 11.6 Å². The average Bonchev–Trinajstić information content (AvgIpc) is 3.37. The van der Waals surface area contributed by atoms with Crippen LogP contribution in [0.3, 0.4) is 0 Å². The number of fused-ring (bicyclic) bond motifs is 1. The largest absolute Gasteiger partial charge is 0.493 e. The number of likely N-dealkylation sites (N-methyl/N-ethyl adjacent to an activating group) is 1. The van der Waals surface area contributed by atoms with Gasteiger partial charge in [-0.25, -0.2) is 4.79 Å². The molecule has 5 rings (SSSR count). The molecule has 2 fully saturated rings. The molecule has 0 saturated carbocycles. The molecule has 3 amide bonds. The van der Waals surface area contributed by atoms with Gasteiger partial charge in [-0.15, -0.1) is 0 Å². The van der Waals surface area contributed by atoms with E-state index < -0.39 is 5.54 Å². The average molecular weight is 498 g/mol. The first-order valence-electron chi connectivity index (χ1n) is 12.3. The molecule has 0 aromatic heterocycles. The van der Waals surface area contributed by atoms with Gasteiger partial charge in [-0.3, -0.25) is 14.6 Å². The molecule has 2 saturated heterocycles. The smallest absolute Gasteiger partial charge is 0.327 e. The van der Waals surface area contributed by atoms with Crippen molar-refractivity contribution in [1.82, 2.24) is 14.7 Å². The van der Waals surface area contributed by atoms with E-state index >= 15 is 0 Å². The number of halogens is 1. The van der Waals surface area contributed by atoms with Crippen molar-refractivity contribution >= 4 is 23.5 Å². The maximum absolute atomic E-state index is 13.9. The number of imide groups is 1. The minimum Gasteiger partial charge on any atom is -0.493 e. The maximum atomic E-state index is 13.9. The molecule has 186 valence electrons. The van der Waals surface area contributed by atoms with E-state index in [0.717, 1.165) is 18.4 Å². The minimum atomic E-state index is -0.751. The molecule has 0 radical (unpaired) electrons. The van der Waals surface area contributed by atoms with Crippen LogP contribution in [0.15, 0.2) is 36.4 Å². The van der Waals surface area contributed by atoms with E-state index in [0.29, 0.717) is 55.5 Å². The Hall–Kier alpha value is -2.77. The number of hydrogen-bond donors (Lipinski definition) is 0. The molecule has 2 heterocycles. The number of amides is 3. The Kier molecular flexibility index (Phi) is 6.40. The van der Waals surface area contributed by atoms with Crippen molar-refractivity contribution in [3.63, 3.8) is 0 Å². The van der Waals surface area contributed by atoms with E-state index in [9.17, 15) is 9.59 Å². The van der Waals surface area contributed by atoms with Crippen LogP contribution in [0, 0.1) is 0 Å². The summed E-state index contributed by atoms with van der Waals surface area (Å²) in [5, 5.41) is 0.543. The number of benzene rings is 2. The molecule has 8 heteroatoms. The summed E-state index contributed by atoms with van der Waals surface area (Å²) >= 11 is 6.61. The Morgan fingerprint density at radius 3 is 2.23 bits per heavy atom. The van der Waals surface area contributed by atoms with Gasteiger partial charge in [0.25, 0.3) is 5.91 Å². The molecule has 3 aliphatic rings. The molecule has 0 atom stereocenters. The van der Waals surface area contributed by atoms with Gasteiger partial charge in [-0.2, -0.15) is 0 Å². The van der Waals surface area contributed by atoms with Gasteiger partial charge in [0.2, 0.25) is 0 Å². The number of piperidine rings is 1. The van der Waals surface area contributed by atoms with Gasteiger partial charge in [0.05, 0.1) is 19.2 Å². The van der Waals surface area contributed by atoms with E-state index in [1.807, 2.05) is 36.1 Å². The fraction of sp³-hybridized carbons (Fsp3) is 0.481. The van der Waals surface area contributed by atoms with Gasteiger partial charge >= 0.3 is 6.03 Å². The Morgan fingerprint density at radius 2 is 1.66 bits per heavy atom. The first-order chi connectivity index (χ1) is 16.9. The number of methoxy groups -OCH3 is 2. The van der Waals surface area contributed by atoms with Crippen molar-refractivity contribution in [2.24, 2.45) is 0 Å². The van der Waals surface area contributed by atoms with Crippen molar-refractivity contribution in [2.75, 3.05) is 33.9 Å². The third kappa shape index (κ3) is 3.85. The molecule has 1 spiro atoms. The first kappa shape index (κ1) is 23.9. The summed E-state index contributed by atoms with van der Waals surface area (Å²) in [5.74, 6) is 1.11. The number of likely N-dealkylation sites (tertiary alicyclic amines) is 1. The first-order valence-corrected chi connectivity index (χ1v) is 12.6. The van der Waals surface area contributed by atoms with Gasteiger partial charge in [-0.1, -0.05) is 41.9 Å². The van der Waals surface area contributed by atoms with E-state index in [1.165, 1.54) is 11.1 Å². The van der Waals surface area contributed by atoms with Crippen LogP contribution in [0.25, 0.3) is 0 Å². The molecule has 1 aliphatic carbocycles. The van der Waals surface area contributed by atoms with Crippen molar-refractivity contribution in [1.29, 1.82) is 0 Å². The number of hydrogen-bond acceptors (Lipinski definition) is 5. The number of rotatable bonds is 6. The zero-order chi connectivity index (χ0) is 24.7. The summed E-state index contributed by atoms with van der Waals surface area (Å²) in [6.07, 6.45) is 2.72. The van der Waals surface area contributed by atoms with E-state index in [2.05, 4.69) is 17.0 Å². The van der Waals surface area contributed by atoms with Crippen LogP contribution in [0.2, 0.25) is 5.02 Å². The van der Waals surface area contributed by atoms with Gasteiger partial charge < -0.3 is 14.4 Å². The van der Waals surface area contributed by atoms with Crippen molar-refractivity contribution in [3.05, 3.63) is 58.1 Å². The Labute approximate surface area is 211 Å². The highest BCUT2D eigenvalue weighted by Crippen LogP contribution is 2.42. The van der Waals surface area contributed by atoms with Crippen LogP contribution in [0.1, 0.15) is 36.5 Å². The van der Waals surface area contributed by atoms with Gasteiger partial charge in [0, 0.05) is 32.2 Å². The quantitative estimate of drug-likeness (QED) is 0.561. The molecule has 2 aromatic rings. The van der Waals surface area contributed by atoms with Crippen molar-refractivity contribution < 1.29 is 19.1 Å². The number of ether oxygens (including phenoxy) is 2. The van der Waals surface area contributed by atoms with Crippen molar-refractivity contribution in [2.45, 2.75) is 50.7 Å². The maximum Gasteiger partial charge on any atom is 0.327 e. The third-order valence-corrected chi connectivity index (χ3v) is 8.34. The molecule has 0 bridgehead atoms. The molecule has 2 aliphatic heterocycles. The van der Waals surface area contributed by atoms with Gasteiger partial charge in [0.15, 0.2) is 11.5 Å². The summed E-state index contributed by atoms with van der Waals surface area (Å²) in [7, 11) is 3.17. The van der Waals surface area contributed by atoms with Crippen LogP contribution in [0.5, 0.6) is 11.5 Å². The topological polar surface area (TPSA) is 62.3 Å². The lowest BCUT2D eigenvalue weighted by atomic mass is 9.85. The second-order valence-corrected chi connectivity index (χ2v) is 9.99. The molecule has 0 N–H and O–H groups in total. The predicted molar refractivity (Wildman–Crippen MR) is 134 cm³/mol. The van der Waals surface area contributed by atoms with Gasteiger partial charge in [0.1, 0.15) is 5.54 Å². The van der Waals surface area contributed by atoms with Crippen LogP contribution in [0.4, 0.5) is 4.79 Å². The minimum absolute atomic E-state index is 0.0223. The zero-order valence-corrected chi connectivity index (χ0v) is 21.3. The second-order valence-electron chi connectivity index (χ2n) is 9.61. The number of urea groups is 1. The van der Waals surface area contributed by atoms with Crippen LogP contribution in [-0.2, 0) is 24.2 Å². The number of carbonyl (C=O) groups excluding carboxylic acids is 2. The molecule has 35 heavy (non-hydrogen) atoms. The molecular formula is C27H32ClN3O4. The van der Waals surface area contributed by atoms with Gasteiger partial charge in [-0.05, 0) is 55.4 Å². The monoisotopic (exact) mass is 497 g/mol. The predicted octanol–water partition coefficient (Wildman–Crippen LogP) is 4.14.